The summed E-state index contributed by atoms with van der Waals surface area (Å²) >= 11 is 0. The predicted octanol–water partition coefficient (Wildman–Crippen LogP) is -3.31. The van der Waals surface area contributed by atoms with Crippen LogP contribution in [0.3, 0.4) is 0 Å². The Kier molecular flexibility index (Phi) is 26.4. The van der Waals surface area contributed by atoms with E-state index in [0.717, 1.165) is 55.2 Å². The van der Waals surface area contributed by atoms with Gasteiger partial charge in [-0.3, -0.25) is 38.9 Å². The Labute approximate surface area is 450 Å². The van der Waals surface area contributed by atoms with Crippen LogP contribution in [0.1, 0.15) is 129 Å². The van der Waals surface area contributed by atoms with Crippen molar-refractivity contribution in [2.24, 2.45) is 23.3 Å². The predicted molar refractivity (Wildman–Crippen MR) is 280 cm³/mol. The number of aliphatic hydroxyl groups excluding tert-OH is 7. The van der Waals surface area contributed by atoms with E-state index >= 15 is 0 Å². The van der Waals surface area contributed by atoms with Crippen LogP contribution in [0.4, 0.5) is 0 Å². The zero-order valence-corrected chi connectivity index (χ0v) is 45.0. The number of hydrogen-bond acceptors (Lipinski definition) is 18. The second-order valence-corrected chi connectivity index (χ2v) is 21.3. The van der Waals surface area contributed by atoms with E-state index in [-0.39, 0.29) is 56.8 Å². The SMILES string of the molecule is CCC(C)CC(C)CCCCCCCCC(=O)N[C@H]1C[C@@H](O)[C@@H](NCCN)NC(=O)[C@@H]2[C@@H](O)CCN2C(=O)C([C@H](O)CCN)NC(=O)[C@H]([C@H](O)[C@@H](O)c2ccc(O)cc2)NC(=O)[C@@H]2C[C@@H](O)CN2C(=O)[C@H]([C@@H](C)O)NC1=O. The highest BCUT2D eigenvalue weighted by Crippen LogP contribution is 2.27. The molecule has 16 atom stereocenters. The molecule has 4 rings (SSSR count). The van der Waals surface area contributed by atoms with Crippen molar-refractivity contribution in [2.75, 3.05) is 32.7 Å². The Bertz CT molecular complexity index is 2070. The molecule has 436 valence electrons. The monoisotopic (exact) mass is 1090 g/mol. The van der Waals surface area contributed by atoms with E-state index in [2.05, 4.69) is 52.7 Å². The maximum Gasteiger partial charge on any atom is 0.248 e. The van der Waals surface area contributed by atoms with Crippen molar-refractivity contribution in [2.45, 2.75) is 203 Å². The molecule has 3 aliphatic heterocycles. The minimum atomic E-state index is -2.28. The standard InChI is InChI=1S/C52H88N10O15/c1-5-28(2)24-29(3)12-10-8-6-7-9-11-13-39(69)56-34-26-38(68)46(55-22-21-54)60-50(75)43-37(67)19-23-61(43)52(77)41(36(66)18-20-53)58-49(74)42(45(71)44(70)31-14-16-32(64)17-15-31)59-48(73)35-25-33(65)27-62(35)51(76)40(30(4)63)57-47(34)72/h14-17,28-30,33-38,40-46,55,63-68,70-71H,5-13,18-27,53-54H2,1-4H3,(H,56,69)(H,57,72)(H,58,74)(H,59,73)(H,60,75)/t28?,29?,30-,33-,34+,35+,36-,37+,38-,40+,41?,42+,43+,44+,45+,46+/m1/s1. The van der Waals surface area contributed by atoms with E-state index in [1.807, 2.05) is 0 Å². The fraction of sp³-hybridized carbons (Fsp3) is 0.750. The van der Waals surface area contributed by atoms with Gasteiger partial charge < -0.3 is 88.7 Å². The molecule has 3 heterocycles. The first-order chi connectivity index (χ1) is 36.5. The Balaban J connectivity index is 1.73. The molecule has 3 fully saturated rings. The summed E-state index contributed by atoms with van der Waals surface area (Å²) in [6.07, 6.45) is -6.95. The highest BCUT2D eigenvalue weighted by atomic mass is 16.3. The van der Waals surface area contributed by atoms with Gasteiger partial charge in [0.2, 0.25) is 41.4 Å². The summed E-state index contributed by atoms with van der Waals surface area (Å²) in [4.78, 5) is 102. The van der Waals surface area contributed by atoms with Crippen LogP contribution in [0.15, 0.2) is 24.3 Å². The highest BCUT2D eigenvalue weighted by Gasteiger charge is 2.49. The van der Waals surface area contributed by atoms with Gasteiger partial charge in [-0.2, -0.15) is 0 Å². The molecule has 0 aromatic heterocycles. The van der Waals surface area contributed by atoms with Gasteiger partial charge in [-0.25, -0.2) is 0 Å². The molecule has 25 nitrogen and oxygen atoms in total. The molecule has 0 bridgehead atoms. The smallest absolute Gasteiger partial charge is 0.248 e. The molecule has 25 heteroatoms. The number of rotatable bonds is 23. The minimum absolute atomic E-state index is 0.0257. The molecule has 7 amide bonds. The number of nitrogens with zero attached hydrogens (tertiary/aromatic N) is 2. The summed E-state index contributed by atoms with van der Waals surface area (Å²) < 4.78 is 0. The van der Waals surface area contributed by atoms with Crippen LogP contribution >= 0.6 is 0 Å². The first-order valence-electron chi connectivity index (χ1n) is 27.3. The van der Waals surface area contributed by atoms with E-state index in [4.69, 9.17) is 11.5 Å². The number of phenols is 1. The number of carbonyl (C=O) groups is 7. The van der Waals surface area contributed by atoms with Gasteiger partial charge in [-0.05, 0) is 68.7 Å². The quantitative estimate of drug-likeness (QED) is 0.0477. The minimum Gasteiger partial charge on any atom is -0.508 e. The summed E-state index contributed by atoms with van der Waals surface area (Å²) in [5, 5.41) is 104. The number of unbranched alkanes of at least 4 members (excludes halogenated alkanes) is 5. The molecular formula is C52H88N10O15. The highest BCUT2D eigenvalue weighted by molar-refractivity contribution is 5.98. The van der Waals surface area contributed by atoms with Gasteiger partial charge in [0.15, 0.2) is 0 Å². The number of benzene rings is 1. The number of aromatic hydroxyl groups is 1. The first-order valence-corrected chi connectivity index (χ1v) is 27.3. The molecule has 0 aliphatic carbocycles. The Morgan fingerprint density at radius 1 is 0.714 bits per heavy atom. The third-order valence-corrected chi connectivity index (χ3v) is 14.9. The van der Waals surface area contributed by atoms with Crippen LogP contribution in [-0.4, -0.2) is 204 Å². The number of fused-ring (bicyclic) bond motifs is 2. The first kappa shape index (κ1) is 64.4. The zero-order valence-electron chi connectivity index (χ0n) is 45.0. The number of aliphatic hydroxyl groups is 7. The topological polar surface area (TPSA) is 412 Å². The number of amides is 7. The number of nitrogens with one attached hydrogen (secondary N) is 6. The third-order valence-electron chi connectivity index (χ3n) is 14.9. The van der Waals surface area contributed by atoms with Gasteiger partial charge >= 0.3 is 0 Å². The summed E-state index contributed by atoms with van der Waals surface area (Å²) in [5.41, 5.74) is 11.5. The van der Waals surface area contributed by atoms with Crippen LogP contribution in [0.25, 0.3) is 0 Å². The van der Waals surface area contributed by atoms with Gasteiger partial charge in [-0.15, -0.1) is 0 Å². The fourth-order valence-corrected chi connectivity index (χ4v) is 10.2. The van der Waals surface area contributed by atoms with Crippen molar-refractivity contribution in [1.29, 1.82) is 0 Å². The van der Waals surface area contributed by atoms with E-state index in [9.17, 15) is 74.4 Å². The van der Waals surface area contributed by atoms with Crippen LogP contribution in [0.5, 0.6) is 5.75 Å². The van der Waals surface area contributed by atoms with E-state index < -0.39 is 146 Å². The molecule has 77 heavy (non-hydrogen) atoms. The molecule has 0 saturated carbocycles. The van der Waals surface area contributed by atoms with Gasteiger partial charge in [0, 0.05) is 45.4 Å². The Morgan fingerprint density at radius 2 is 1.34 bits per heavy atom. The molecular weight excluding hydrogens is 1000 g/mol. The van der Waals surface area contributed by atoms with Crippen molar-refractivity contribution in [3.05, 3.63) is 29.8 Å². The van der Waals surface area contributed by atoms with Gasteiger partial charge in [0.05, 0.1) is 30.5 Å². The average Bonchev–Trinajstić information content (AvgIpc) is 3.99. The number of phenolic OH excluding ortho intramolecular Hbond substituents is 1. The van der Waals surface area contributed by atoms with Crippen LogP contribution in [0.2, 0.25) is 0 Å². The van der Waals surface area contributed by atoms with Crippen molar-refractivity contribution in [1.82, 2.24) is 41.7 Å². The van der Waals surface area contributed by atoms with Crippen molar-refractivity contribution < 1.29 is 74.4 Å². The van der Waals surface area contributed by atoms with Crippen molar-refractivity contribution in [3.63, 3.8) is 0 Å². The molecule has 1 aromatic rings. The average molecular weight is 1090 g/mol. The molecule has 3 aliphatic rings. The second-order valence-electron chi connectivity index (χ2n) is 21.3. The van der Waals surface area contributed by atoms with Gasteiger partial charge in [-0.1, -0.05) is 77.8 Å². The van der Waals surface area contributed by atoms with E-state index in [1.165, 1.54) is 30.7 Å². The number of hydrogen-bond donors (Lipinski definition) is 16. The molecule has 0 radical (unpaired) electrons. The molecule has 3 unspecified atom stereocenters. The van der Waals surface area contributed by atoms with Gasteiger partial charge in [0.1, 0.15) is 60.4 Å². The summed E-state index contributed by atoms with van der Waals surface area (Å²) in [6, 6.07) is -6.40. The lowest BCUT2D eigenvalue weighted by Crippen LogP contribution is -2.65. The summed E-state index contributed by atoms with van der Waals surface area (Å²) in [6.45, 7) is 6.73. The normalized spacial score (nSPS) is 28.6. The van der Waals surface area contributed by atoms with Crippen LogP contribution < -0.4 is 43.4 Å². The third kappa shape index (κ3) is 18.8. The van der Waals surface area contributed by atoms with Crippen LogP contribution in [-0.2, 0) is 33.6 Å². The lowest BCUT2D eigenvalue weighted by atomic mass is 9.91. The number of nitrogens with two attached hydrogens (primary N) is 2. The van der Waals surface area contributed by atoms with Crippen molar-refractivity contribution >= 4 is 41.4 Å². The Hall–Kier alpha value is -5.09. The summed E-state index contributed by atoms with van der Waals surface area (Å²) in [5.74, 6) is -6.43. The molecule has 18 N–H and O–H groups in total. The number of carbonyl (C=O) groups excluding carboxylic acids is 7. The van der Waals surface area contributed by atoms with Crippen molar-refractivity contribution in [3.8, 4) is 5.75 Å². The maximum atomic E-state index is 14.6. The summed E-state index contributed by atoms with van der Waals surface area (Å²) in [7, 11) is 0. The maximum absolute atomic E-state index is 14.6. The zero-order chi connectivity index (χ0) is 57.1. The molecule has 0 spiro atoms. The van der Waals surface area contributed by atoms with Gasteiger partial charge in [0.25, 0.3) is 0 Å². The Morgan fingerprint density at radius 3 is 1.97 bits per heavy atom. The fourth-order valence-electron chi connectivity index (χ4n) is 10.2. The lowest BCUT2D eigenvalue weighted by Gasteiger charge is -2.35. The van der Waals surface area contributed by atoms with E-state index in [1.54, 1.807) is 0 Å². The molecule has 1 aromatic carbocycles. The lowest BCUT2D eigenvalue weighted by molar-refractivity contribution is -0.148. The second kappa shape index (κ2) is 31.5. The van der Waals surface area contributed by atoms with E-state index in [0.29, 0.717) is 24.7 Å². The molecule has 3 saturated heterocycles. The van der Waals surface area contributed by atoms with Crippen LogP contribution in [0, 0.1) is 11.8 Å². The largest absolute Gasteiger partial charge is 0.508 e.